The summed E-state index contributed by atoms with van der Waals surface area (Å²) >= 11 is 0. The molecule has 0 saturated carbocycles. The van der Waals surface area contributed by atoms with Crippen LogP contribution in [0.25, 0.3) is 11.0 Å². The molecule has 26 heavy (non-hydrogen) atoms. The second-order valence-corrected chi connectivity index (χ2v) is 5.91. The molecule has 0 spiro atoms. The molecule has 132 valence electrons. The zero-order chi connectivity index (χ0) is 18.8. The Balaban J connectivity index is 1.89. The molecular weight excluding hydrogens is 338 g/mol. The lowest BCUT2D eigenvalue weighted by Gasteiger charge is -2.09. The predicted octanol–water partition coefficient (Wildman–Crippen LogP) is 3.68. The zero-order valence-electron chi connectivity index (χ0n) is 14.1. The molecule has 7 nitrogen and oxygen atoms in total. The third-order valence-electron chi connectivity index (χ3n) is 4.10. The van der Waals surface area contributed by atoms with Gasteiger partial charge in [0.15, 0.2) is 0 Å². The second-order valence-electron chi connectivity index (χ2n) is 5.91. The van der Waals surface area contributed by atoms with Gasteiger partial charge in [0, 0.05) is 29.1 Å². The number of hydrogen-bond donors (Lipinski definition) is 0. The van der Waals surface area contributed by atoms with Crippen molar-refractivity contribution in [2.24, 2.45) is 0 Å². The first-order valence-electron chi connectivity index (χ1n) is 7.81. The Labute approximate surface area is 148 Å². The number of aryl methyl sites for hydroxylation is 2. The van der Waals surface area contributed by atoms with Crippen molar-refractivity contribution >= 4 is 22.6 Å². The molecule has 0 saturated heterocycles. The number of rotatable bonds is 4. The molecule has 0 bridgehead atoms. The Hall–Kier alpha value is -3.48. The van der Waals surface area contributed by atoms with Crippen molar-refractivity contribution in [3.63, 3.8) is 0 Å². The third kappa shape index (κ3) is 3.46. The van der Waals surface area contributed by atoms with Gasteiger partial charge < -0.3 is 9.15 Å². The van der Waals surface area contributed by atoms with Crippen LogP contribution in [0.4, 0.5) is 5.69 Å². The first kappa shape index (κ1) is 17.3. The number of carbonyl (C=O) groups excluding carboxylic acids is 1. The predicted molar refractivity (Wildman–Crippen MR) is 94.2 cm³/mol. The van der Waals surface area contributed by atoms with Crippen LogP contribution in [0, 0.1) is 24.0 Å². The molecule has 2 aromatic carbocycles. The number of fused-ring (bicyclic) bond motifs is 1. The monoisotopic (exact) mass is 353 g/mol. The van der Waals surface area contributed by atoms with Crippen LogP contribution in [0.15, 0.2) is 51.7 Å². The molecular formula is C19H15NO6. The summed E-state index contributed by atoms with van der Waals surface area (Å²) < 4.78 is 10.4. The van der Waals surface area contributed by atoms with Crippen LogP contribution in [0.5, 0.6) is 0 Å². The van der Waals surface area contributed by atoms with Gasteiger partial charge in [-0.15, -0.1) is 0 Å². The average Bonchev–Trinajstić information content (AvgIpc) is 2.61. The van der Waals surface area contributed by atoms with Gasteiger partial charge in [0.2, 0.25) is 0 Å². The lowest BCUT2D eigenvalue weighted by molar-refractivity contribution is -0.384. The van der Waals surface area contributed by atoms with Crippen LogP contribution in [0.3, 0.4) is 0 Å². The fraction of sp³-hybridized carbons (Fsp3) is 0.158. The number of ether oxygens (including phenoxy) is 1. The lowest BCUT2D eigenvalue weighted by Crippen LogP contribution is -2.08. The van der Waals surface area contributed by atoms with Gasteiger partial charge >= 0.3 is 11.6 Å². The van der Waals surface area contributed by atoms with E-state index in [9.17, 15) is 19.7 Å². The molecule has 0 fully saturated rings. The maximum atomic E-state index is 12.2. The molecule has 0 aliphatic carbocycles. The summed E-state index contributed by atoms with van der Waals surface area (Å²) in [6.45, 7) is 3.69. The highest BCUT2D eigenvalue weighted by atomic mass is 16.6. The molecule has 0 unspecified atom stereocenters. The summed E-state index contributed by atoms with van der Waals surface area (Å²) in [6.07, 6.45) is 0. The summed E-state index contributed by atoms with van der Waals surface area (Å²) in [5.74, 6) is -0.709. The molecule has 0 N–H and O–H groups in total. The Bertz CT molecular complexity index is 1080. The van der Waals surface area contributed by atoms with Crippen LogP contribution in [0.2, 0.25) is 0 Å². The maximum Gasteiger partial charge on any atom is 0.338 e. The topological polar surface area (TPSA) is 99.7 Å². The van der Waals surface area contributed by atoms with Gasteiger partial charge in [-0.05, 0) is 43.2 Å². The van der Waals surface area contributed by atoms with Gasteiger partial charge in [-0.25, -0.2) is 9.59 Å². The molecule has 0 aliphatic rings. The fourth-order valence-corrected chi connectivity index (χ4v) is 2.58. The number of benzene rings is 2. The minimum atomic E-state index is -0.709. The highest BCUT2D eigenvalue weighted by Crippen LogP contribution is 2.22. The van der Waals surface area contributed by atoms with Gasteiger partial charge in [-0.1, -0.05) is 6.07 Å². The van der Waals surface area contributed by atoms with Gasteiger partial charge in [0.1, 0.15) is 12.2 Å². The maximum absolute atomic E-state index is 12.2. The molecule has 0 aliphatic heterocycles. The standard InChI is InChI=1S/C19H15NO6/c1-11-6-16-14(9-18(21)26-17(16)7-12(11)2)10-25-19(22)13-4-3-5-15(8-13)20(23)24/h3-9H,10H2,1-2H3. The van der Waals surface area contributed by atoms with E-state index in [0.717, 1.165) is 17.2 Å². The Morgan fingerprint density at radius 2 is 1.88 bits per heavy atom. The van der Waals surface area contributed by atoms with E-state index in [-0.39, 0.29) is 17.9 Å². The number of nitro groups is 1. The summed E-state index contributed by atoms with van der Waals surface area (Å²) in [7, 11) is 0. The SMILES string of the molecule is Cc1cc2oc(=O)cc(COC(=O)c3cccc([N+](=O)[O-])c3)c2cc1C. The average molecular weight is 353 g/mol. The molecule has 1 heterocycles. The van der Waals surface area contributed by atoms with E-state index >= 15 is 0 Å². The third-order valence-corrected chi connectivity index (χ3v) is 4.10. The van der Waals surface area contributed by atoms with E-state index in [0.29, 0.717) is 16.5 Å². The van der Waals surface area contributed by atoms with Crippen molar-refractivity contribution < 1.29 is 18.9 Å². The lowest BCUT2D eigenvalue weighted by atomic mass is 10.0. The minimum absolute atomic E-state index is 0.0681. The van der Waals surface area contributed by atoms with Crippen molar-refractivity contribution in [3.05, 3.63) is 85.3 Å². The molecule has 0 amide bonds. The molecule has 0 radical (unpaired) electrons. The Morgan fingerprint density at radius 3 is 2.62 bits per heavy atom. The number of carbonyl (C=O) groups is 1. The molecule has 3 rings (SSSR count). The summed E-state index contributed by atoms with van der Waals surface area (Å²) in [6, 6.07) is 10.2. The molecule has 7 heteroatoms. The van der Waals surface area contributed by atoms with E-state index in [2.05, 4.69) is 0 Å². The van der Waals surface area contributed by atoms with Crippen molar-refractivity contribution in [3.8, 4) is 0 Å². The van der Waals surface area contributed by atoms with E-state index in [1.165, 1.54) is 24.3 Å². The van der Waals surface area contributed by atoms with Crippen molar-refractivity contribution in [1.82, 2.24) is 0 Å². The van der Waals surface area contributed by atoms with Crippen molar-refractivity contribution in [2.75, 3.05) is 0 Å². The highest BCUT2D eigenvalue weighted by molar-refractivity contribution is 5.90. The number of esters is 1. The summed E-state index contributed by atoms with van der Waals surface area (Å²) in [4.78, 5) is 34.2. The van der Waals surface area contributed by atoms with Crippen LogP contribution < -0.4 is 5.63 Å². The number of nitro benzene ring substituents is 1. The summed E-state index contributed by atoms with van der Waals surface area (Å²) in [5, 5.41) is 11.5. The molecule has 3 aromatic rings. The van der Waals surface area contributed by atoms with Crippen LogP contribution in [-0.4, -0.2) is 10.9 Å². The van der Waals surface area contributed by atoms with Gasteiger partial charge in [-0.2, -0.15) is 0 Å². The highest BCUT2D eigenvalue weighted by Gasteiger charge is 2.14. The van der Waals surface area contributed by atoms with Crippen molar-refractivity contribution in [2.45, 2.75) is 20.5 Å². The summed E-state index contributed by atoms with van der Waals surface area (Å²) in [5.41, 5.74) is 2.25. The van der Waals surface area contributed by atoms with E-state index in [1.807, 2.05) is 19.9 Å². The van der Waals surface area contributed by atoms with E-state index in [1.54, 1.807) is 6.07 Å². The Morgan fingerprint density at radius 1 is 1.15 bits per heavy atom. The van der Waals surface area contributed by atoms with Crippen LogP contribution >= 0.6 is 0 Å². The van der Waals surface area contributed by atoms with Crippen LogP contribution in [-0.2, 0) is 11.3 Å². The fourth-order valence-electron chi connectivity index (χ4n) is 2.58. The van der Waals surface area contributed by atoms with Gasteiger partial charge in [-0.3, -0.25) is 10.1 Å². The zero-order valence-corrected chi connectivity index (χ0v) is 14.1. The van der Waals surface area contributed by atoms with Gasteiger partial charge in [0.25, 0.3) is 5.69 Å². The minimum Gasteiger partial charge on any atom is -0.457 e. The number of nitrogens with zero attached hydrogens (tertiary/aromatic N) is 1. The second kappa shape index (κ2) is 6.79. The first-order valence-corrected chi connectivity index (χ1v) is 7.81. The van der Waals surface area contributed by atoms with Crippen molar-refractivity contribution in [1.29, 1.82) is 0 Å². The Kier molecular flexibility index (Phi) is 4.53. The van der Waals surface area contributed by atoms with E-state index in [4.69, 9.17) is 9.15 Å². The first-order chi connectivity index (χ1) is 12.3. The van der Waals surface area contributed by atoms with E-state index < -0.39 is 16.5 Å². The molecule has 1 aromatic heterocycles. The number of hydrogen-bond acceptors (Lipinski definition) is 6. The quantitative estimate of drug-likeness (QED) is 0.307. The normalized spacial score (nSPS) is 10.7. The molecule has 0 atom stereocenters. The largest absolute Gasteiger partial charge is 0.457 e. The van der Waals surface area contributed by atoms with Gasteiger partial charge in [0.05, 0.1) is 10.5 Å². The number of non-ortho nitro benzene ring substituents is 1. The van der Waals surface area contributed by atoms with Crippen LogP contribution in [0.1, 0.15) is 27.0 Å². The smallest absolute Gasteiger partial charge is 0.338 e.